The van der Waals surface area contributed by atoms with Crippen LogP contribution in [0.25, 0.3) is 10.8 Å². The quantitative estimate of drug-likeness (QED) is 0.549. The van der Waals surface area contributed by atoms with Crippen molar-refractivity contribution in [3.63, 3.8) is 0 Å². The second-order valence-electron chi connectivity index (χ2n) is 7.76. The Labute approximate surface area is 158 Å². The van der Waals surface area contributed by atoms with E-state index in [0.717, 1.165) is 0 Å². The fraction of sp³-hybridized carbons (Fsp3) is 0.455. The van der Waals surface area contributed by atoms with E-state index in [9.17, 15) is 14.6 Å². The van der Waals surface area contributed by atoms with Gasteiger partial charge in [-0.2, -0.15) is 0 Å². The van der Waals surface area contributed by atoms with Crippen LogP contribution in [0.5, 0.6) is 11.5 Å². The van der Waals surface area contributed by atoms with Gasteiger partial charge in [0, 0.05) is 11.5 Å². The summed E-state index contributed by atoms with van der Waals surface area (Å²) >= 11 is 0. The molecule has 0 fully saturated rings. The van der Waals surface area contributed by atoms with Gasteiger partial charge in [-0.05, 0) is 40.3 Å². The van der Waals surface area contributed by atoms with Crippen LogP contribution in [-0.2, 0) is 0 Å². The molecule has 0 atom stereocenters. The van der Waals surface area contributed by atoms with Crippen LogP contribution in [-0.4, -0.2) is 19.7 Å². The number of hydrogen-bond acceptors (Lipinski definition) is 2. The van der Waals surface area contributed by atoms with Crippen molar-refractivity contribution in [3.8, 4) is 23.0 Å². The van der Waals surface area contributed by atoms with Gasteiger partial charge in [0.2, 0.25) is 0 Å². The Morgan fingerprint density at radius 3 is 2.08 bits per heavy atom. The van der Waals surface area contributed by atoms with Gasteiger partial charge in [-0.25, -0.2) is 4.39 Å². The van der Waals surface area contributed by atoms with Crippen molar-refractivity contribution >= 4 is 20.3 Å². The van der Waals surface area contributed by atoms with Crippen molar-refractivity contribution in [3.05, 3.63) is 35.6 Å². The molecule has 0 aliphatic rings. The molecule has 2 rings (SSSR count). The summed E-state index contributed by atoms with van der Waals surface area (Å²) in [4.78, 5) is 0. The van der Waals surface area contributed by atoms with Crippen LogP contribution in [0.4, 0.5) is 4.39 Å². The lowest BCUT2D eigenvalue weighted by molar-refractivity contribution is 0.233. The third kappa shape index (κ3) is 3.59. The molecule has 4 heteroatoms. The number of fused-ring (bicyclic) bond motifs is 1. The highest BCUT2D eigenvalue weighted by molar-refractivity contribution is 6.50. The molecule has 0 saturated heterocycles. The van der Waals surface area contributed by atoms with E-state index >= 15 is 0 Å². The number of phenolic OH excluding ortho intramolecular Hbond substituents is 2. The van der Waals surface area contributed by atoms with Crippen molar-refractivity contribution in [1.29, 1.82) is 0 Å². The monoisotopic (exact) mass is 370 g/mol. The van der Waals surface area contributed by atoms with Gasteiger partial charge >= 0.3 is 0 Å². The van der Waals surface area contributed by atoms with Crippen LogP contribution < -0.4 is 0 Å². The summed E-state index contributed by atoms with van der Waals surface area (Å²) in [5, 5.41) is 20.8. The number of rotatable bonds is 4. The summed E-state index contributed by atoms with van der Waals surface area (Å²) < 4.78 is 14.4. The average molecular weight is 371 g/mol. The largest absolute Gasteiger partial charge is 0.508 e. The molecule has 0 unspecified atom stereocenters. The van der Waals surface area contributed by atoms with Gasteiger partial charge in [-0.1, -0.05) is 53.5 Å². The van der Waals surface area contributed by atoms with Crippen LogP contribution in [0, 0.1) is 35.0 Å². The van der Waals surface area contributed by atoms with E-state index in [2.05, 4.69) is 53.0 Å². The van der Waals surface area contributed by atoms with E-state index in [-0.39, 0.29) is 22.1 Å². The van der Waals surface area contributed by atoms with E-state index in [4.69, 9.17) is 0 Å². The van der Waals surface area contributed by atoms with Crippen LogP contribution in [0.2, 0.25) is 5.04 Å². The lowest BCUT2D eigenvalue weighted by Crippen LogP contribution is -2.36. The zero-order chi connectivity index (χ0) is 19.6. The molecule has 26 heavy (non-hydrogen) atoms. The van der Waals surface area contributed by atoms with E-state index in [1.807, 2.05) is 0 Å². The number of benzene rings is 2. The third-order valence-corrected chi connectivity index (χ3v) is 7.78. The predicted octanol–water partition coefficient (Wildman–Crippen LogP) is 5.53. The SMILES string of the molecule is CC(C)C([Si]C#Cc1c(F)ccc2cc(O)cc(O)c12)(C(C)C)C(C)C. The van der Waals surface area contributed by atoms with Gasteiger partial charge in [0.25, 0.3) is 0 Å². The first-order valence-corrected chi connectivity index (χ1v) is 10.0. The normalized spacial score (nSPS) is 12.1. The lowest BCUT2D eigenvalue weighted by atomic mass is 9.76. The summed E-state index contributed by atoms with van der Waals surface area (Å²) in [7, 11) is 0.363. The van der Waals surface area contributed by atoms with Crippen molar-refractivity contribution in [2.75, 3.05) is 0 Å². The highest BCUT2D eigenvalue weighted by atomic mass is 28.2. The molecule has 0 spiro atoms. The van der Waals surface area contributed by atoms with Gasteiger partial charge < -0.3 is 10.2 Å². The lowest BCUT2D eigenvalue weighted by Gasteiger charge is -2.43. The van der Waals surface area contributed by atoms with E-state index in [1.54, 1.807) is 0 Å². The Balaban J connectivity index is 2.55. The number of phenols is 2. The first kappa shape index (κ1) is 20.3. The maximum atomic E-state index is 14.4. The Morgan fingerprint density at radius 2 is 1.54 bits per heavy atom. The molecule has 0 heterocycles. The van der Waals surface area contributed by atoms with Crippen molar-refractivity contribution in [2.45, 2.75) is 46.6 Å². The van der Waals surface area contributed by atoms with Crippen LogP contribution in [0.1, 0.15) is 47.1 Å². The Kier molecular flexibility index (Phi) is 6.03. The third-order valence-electron chi connectivity index (χ3n) is 5.36. The summed E-state index contributed by atoms with van der Waals surface area (Å²) in [6.07, 6.45) is 0. The van der Waals surface area contributed by atoms with Crippen molar-refractivity contribution in [1.82, 2.24) is 0 Å². The molecule has 0 amide bonds. The molecule has 2 radical (unpaired) electrons. The van der Waals surface area contributed by atoms with Crippen molar-refractivity contribution in [2.24, 2.45) is 17.8 Å². The molecule has 0 aliphatic heterocycles. The first-order chi connectivity index (χ1) is 12.1. The maximum Gasteiger partial charge on any atom is 0.156 e. The van der Waals surface area contributed by atoms with Gasteiger partial charge in [0.15, 0.2) is 9.52 Å². The number of aromatic hydroxyl groups is 2. The summed E-state index contributed by atoms with van der Waals surface area (Å²) in [6, 6.07) is 5.59. The smallest absolute Gasteiger partial charge is 0.156 e. The molecule has 0 aromatic heterocycles. The molecule has 0 aliphatic carbocycles. The van der Waals surface area contributed by atoms with Crippen molar-refractivity contribution < 1.29 is 14.6 Å². The average Bonchev–Trinajstić information content (AvgIpc) is 2.52. The molecule has 2 aromatic carbocycles. The minimum Gasteiger partial charge on any atom is -0.508 e. The predicted molar refractivity (Wildman–Crippen MR) is 107 cm³/mol. The maximum absolute atomic E-state index is 14.4. The summed E-state index contributed by atoms with van der Waals surface area (Å²) in [5.74, 6) is 3.68. The molecule has 2 aromatic rings. The van der Waals surface area contributed by atoms with Crippen LogP contribution >= 0.6 is 0 Å². The van der Waals surface area contributed by atoms with E-state index in [0.29, 0.717) is 38.0 Å². The first-order valence-electron chi connectivity index (χ1n) is 9.03. The van der Waals surface area contributed by atoms with Crippen LogP contribution in [0.15, 0.2) is 24.3 Å². The van der Waals surface area contributed by atoms with E-state index in [1.165, 1.54) is 24.3 Å². The highest BCUT2D eigenvalue weighted by Gasteiger charge is 2.40. The fourth-order valence-electron chi connectivity index (χ4n) is 4.16. The second kappa shape index (κ2) is 7.71. The van der Waals surface area contributed by atoms with E-state index < -0.39 is 5.82 Å². The van der Waals surface area contributed by atoms with Gasteiger partial charge in [0.1, 0.15) is 17.3 Å². The van der Waals surface area contributed by atoms with Gasteiger partial charge in [0.05, 0.1) is 5.56 Å². The molecule has 0 saturated carbocycles. The minimum atomic E-state index is -0.458. The van der Waals surface area contributed by atoms with Gasteiger partial charge in [-0.15, -0.1) is 5.54 Å². The van der Waals surface area contributed by atoms with Gasteiger partial charge in [-0.3, -0.25) is 0 Å². The second-order valence-corrected chi connectivity index (χ2v) is 9.12. The number of hydrogen-bond donors (Lipinski definition) is 2. The summed E-state index contributed by atoms with van der Waals surface area (Å²) in [5.41, 5.74) is 3.42. The highest BCUT2D eigenvalue weighted by Crippen LogP contribution is 2.49. The Bertz CT molecular complexity index is 838. The van der Waals surface area contributed by atoms with Crippen LogP contribution in [0.3, 0.4) is 0 Å². The topological polar surface area (TPSA) is 40.5 Å². The number of halogens is 1. The molecular weight excluding hydrogens is 343 g/mol. The molecule has 2 nitrogen and oxygen atoms in total. The minimum absolute atomic E-state index is 0.0548. The molecular formula is C22H27FO2Si. The molecule has 138 valence electrons. The Morgan fingerprint density at radius 1 is 0.962 bits per heavy atom. The zero-order valence-electron chi connectivity index (χ0n) is 16.3. The fourth-order valence-corrected chi connectivity index (χ4v) is 5.43. The standard InChI is InChI=1S/C22H27FO2Si/c1-13(2)22(14(3)4,15(5)6)26-10-9-18-19(23)8-7-16-11-17(24)12-20(25)21(16)18/h7-8,11-15,24-25H,1-6H3. The molecule has 2 N–H and O–H groups in total. The molecule has 0 bridgehead atoms. The zero-order valence-corrected chi connectivity index (χ0v) is 17.3. The summed E-state index contributed by atoms with van der Waals surface area (Å²) in [6.45, 7) is 13.3. The Hall–Kier alpha value is -1.99.